The molecule has 0 aromatic carbocycles. The van der Waals surface area contributed by atoms with E-state index in [9.17, 15) is 15.0 Å². The van der Waals surface area contributed by atoms with Crippen LogP contribution in [0.15, 0.2) is 0 Å². The molecule has 0 bridgehead atoms. The number of hydrogen-bond acceptors (Lipinski definition) is 3. The first-order valence-corrected chi connectivity index (χ1v) is 5.21. The van der Waals surface area contributed by atoms with Gasteiger partial charge in [-0.2, -0.15) is 0 Å². The highest BCUT2D eigenvalue weighted by atomic mass is 16.3. The Bertz CT molecular complexity index is 208. The van der Waals surface area contributed by atoms with Crippen molar-refractivity contribution < 1.29 is 15.0 Å². The summed E-state index contributed by atoms with van der Waals surface area (Å²) in [5, 5.41) is 18.7. The predicted molar refractivity (Wildman–Crippen MR) is 52.7 cm³/mol. The highest BCUT2D eigenvalue weighted by Crippen LogP contribution is 2.15. The van der Waals surface area contributed by atoms with Crippen molar-refractivity contribution in [2.24, 2.45) is 5.92 Å². The first-order chi connectivity index (χ1) is 6.56. The summed E-state index contributed by atoms with van der Waals surface area (Å²) in [6.45, 7) is 4.68. The van der Waals surface area contributed by atoms with Crippen molar-refractivity contribution >= 4 is 5.91 Å². The van der Waals surface area contributed by atoms with Crippen LogP contribution in [-0.4, -0.2) is 46.3 Å². The molecule has 0 spiro atoms. The number of piperidine rings is 1. The SMILES string of the molecule is CCC(C)C(=O)N1CCC(O)C(O)C1. The lowest BCUT2D eigenvalue weighted by atomic mass is 10.0. The fraction of sp³-hybridized carbons (Fsp3) is 0.900. The van der Waals surface area contributed by atoms with E-state index in [4.69, 9.17) is 0 Å². The standard InChI is InChI=1S/C10H19NO3/c1-3-7(2)10(14)11-5-4-8(12)9(13)6-11/h7-9,12-13H,3-6H2,1-2H3. The zero-order valence-electron chi connectivity index (χ0n) is 8.81. The Morgan fingerprint density at radius 1 is 1.50 bits per heavy atom. The minimum absolute atomic E-state index is 0.0115. The molecule has 4 nitrogen and oxygen atoms in total. The minimum Gasteiger partial charge on any atom is -0.390 e. The normalized spacial score (nSPS) is 30.1. The molecule has 0 saturated carbocycles. The number of hydrogen-bond donors (Lipinski definition) is 2. The zero-order chi connectivity index (χ0) is 10.7. The number of carbonyl (C=O) groups is 1. The number of likely N-dealkylation sites (tertiary alicyclic amines) is 1. The summed E-state index contributed by atoms with van der Waals surface area (Å²) in [4.78, 5) is 13.4. The van der Waals surface area contributed by atoms with E-state index in [2.05, 4.69) is 0 Å². The summed E-state index contributed by atoms with van der Waals surface area (Å²) >= 11 is 0. The third-order valence-corrected chi connectivity index (χ3v) is 2.89. The lowest BCUT2D eigenvalue weighted by Gasteiger charge is -2.34. The van der Waals surface area contributed by atoms with E-state index in [1.165, 1.54) is 0 Å². The molecule has 0 radical (unpaired) electrons. The molecule has 1 fully saturated rings. The predicted octanol–water partition coefficient (Wildman–Crippen LogP) is -0.0134. The average molecular weight is 201 g/mol. The third kappa shape index (κ3) is 2.45. The van der Waals surface area contributed by atoms with Crippen molar-refractivity contribution in [2.75, 3.05) is 13.1 Å². The van der Waals surface area contributed by atoms with Crippen LogP contribution >= 0.6 is 0 Å². The van der Waals surface area contributed by atoms with Crippen LogP contribution in [-0.2, 0) is 4.79 Å². The van der Waals surface area contributed by atoms with E-state index in [0.29, 0.717) is 13.0 Å². The third-order valence-electron chi connectivity index (χ3n) is 2.89. The topological polar surface area (TPSA) is 60.8 Å². The van der Waals surface area contributed by atoms with Gasteiger partial charge in [0.05, 0.1) is 12.2 Å². The average Bonchev–Trinajstić information content (AvgIpc) is 2.20. The Morgan fingerprint density at radius 2 is 2.14 bits per heavy atom. The number of rotatable bonds is 2. The molecule has 3 atom stereocenters. The van der Waals surface area contributed by atoms with Crippen LogP contribution in [0.5, 0.6) is 0 Å². The first-order valence-electron chi connectivity index (χ1n) is 5.21. The van der Waals surface area contributed by atoms with Crippen molar-refractivity contribution in [3.8, 4) is 0 Å². The first kappa shape index (κ1) is 11.5. The molecule has 82 valence electrons. The number of amides is 1. The Kier molecular flexibility index (Phi) is 3.89. The molecule has 4 heteroatoms. The summed E-state index contributed by atoms with van der Waals surface area (Å²) in [5.74, 6) is 0.0934. The number of aliphatic hydroxyl groups is 2. The van der Waals surface area contributed by atoms with Crippen molar-refractivity contribution in [1.29, 1.82) is 0 Å². The van der Waals surface area contributed by atoms with Gasteiger partial charge in [-0.05, 0) is 12.8 Å². The molecule has 0 aromatic heterocycles. The van der Waals surface area contributed by atoms with Crippen LogP contribution in [0.1, 0.15) is 26.7 Å². The molecule has 2 N–H and O–H groups in total. The van der Waals surface area contributed by atoms with Crippen LogP contribution in [0.4, 0.5) is 0 Å². The van der Waals surface area contributed by atoms with Crippen LogP contribution in [0.25, 0.3) is 0 Å². The molecule has 14 heavy (non-hydrogen) atoms. The Labute approximate surface area is 84.5 Å². The second-order valence-electron chi connectivity index (χ2n) is 4.02. The maximum Gasteiger partial charge on any atom is 0.225 e. The van der Waals surface area contributed by atoms with Crippen molar-refractivity contribution in [3.05, 3.63) is 0 Å². The van der Waals surface area contributed by atoms with Gasteiger partial charge in [-0.1, -0.05) is 13.8 Å². The molecule has 1 amide bonds. The van der Waals surface area contributed by atoms with Gasteiger partial charge >= 0.3 is 0 Å². The maximum atomic E-state index is 11.7. The summed E-state index contributed by atoms with van der Waals surface area (Å²) in [5.41, 5.74) is 0. The quantitative estimate of drug-likeness (QED) is 0.660. The van der Waals surface area contributed by atoms with E-state index in [1.807, 2.05) is 13.8 Å². The molecule has 3 unspecified atom stereocenters. The molecule has 1 heterocycles. The Morgan fingerprint density at radius 3 is 2.64 bits per heavy atom. The number of β-amino-alcohol motifs (C(OH)–C–C–N with tert-alkyl or cyclic N) is 1. The summed E-state index contributed by atoms with van der Waals surface area (Å²) in [6.07, 6.45) is -0.162. The van der Waals surface area contributed by atoms with Crippen LogP contribution in [0.3, 0.4) is 0 Å². The van der Waals surface area contributed by atoms with Crippen LogP contribution < -0.4 is 0 Å². The van der Waals surface area contributed by atoms with E-state index in [-0.39, 0.29) is 18.4 Å². The number of aliphatic hydroxyl groups excluding tert-OH is 2. The molecule has 1 saturated heterocycles. The van der Waals surface area contributed by atoms with Crippen molar-refractivity contribution in [1.82, 2.24) is 4.90 Å². The second kappa shape index (κ2) is 4.75. The van der Waals surface area contributed by atoms with Gasteiger partial charge in [-0.25, -0.2) is 0 Å². The van der Waals surface area contributed by atoms with Gasteiger partial charge in [0.25, 0.3) is 0 Å². The van der Waals surface area contributed by atoms with E-state index in [1.54, 1.807) is 4.90 Å². The van der Waals surface area contributed by atoms with E-state index >= 15 is 0 Å². The van der Waals surface area contributed by atoms with Crippen LogP contribution in [0, 0.1) is 5.92 Å². The van der Waals surface area contributed by atoms with Gasteiger partial charge in [0.1, 0.15) is 0 Å². The molecule has 1 rings (SSSR count). The molecular weight excluding hydrogens is 182 g/mol. The molecule has 0 aliphatic carbocycles. The summed E-state index contributed by atoms with van der Waals surface area (Å²) in [7, 11) is 0. The monoisotopic (exact) mass is 201 g/mol. The van der Waals surface area contributed by atoms with Gasteiger partial charge in [-0.3, -0.25) is 4.79 Å². The molecule has 0 aromatic rings. The Balaban J connectivity index is 2.50. The largest absolute Gasteiger partial charge is 0.390 e. The lowest BCUT2D eigenvalue weighted by molar-refractivity contribution is -0.141. The van der Waals surface area contributed by atoms with Crippen molar-refractivity contribution in [3.63, 3.8) is 0 Å². The fourth-order valence-corrected chi connectivity index (χ4v) is 1.61. The minimum atomic E-state index is -0.781. The highest BCUT2D eigenvalue weighted by molar-refractivity contribution is 5.78. The maximum absolute atomic E-state index is 11.7. The van der Waals surface area contributed by atoms with Gasteiger partial charge in [0.15, 0.2) is 0 Å². The smallest absolute Gasteiger partial charge is 0.225 e. The molecule has 1 aliphatic rings. The number of nitrogens with zero attached hydrogens (tertiary/aromatic N) is 1. The van der Waals surface area contributed by atoms with E-state index in [0.717, 1.165) is 6.42 Å². The molecule has 1 aliphatic heterocycles. The highest BCUT2D eigenvalue weighted by Gasteiger charge is 2.29. The van der Waals surface area contributed by atoms with E-state index < -0.39 is 12.2 Å². The van der Waals surface area contributed by atoms with Gasteiger partial charge in [0, 0.05) is 19.0 Å². The van der Waals surface area contributed by atoms with Gasteiger partial charge in [0.2, 0.25) is 5.91 Å². The Hall–Kier alpha value is -0.610. The van der Waals surface area contributed by atoms with Gasteiger partial charge in [-0.15, -0.1) is 0 Å². The number of carbonyl (C=O) groups excluding carboxylic acids is 1. The van der Waals surface area contributed by atoms with Crippen LogP contribution in [0.2, 0.25) is 0 Å². The second-order valence-corrected chi connectivity index (χ2v) is 4.02. The summed E-state index contributed by atoms with van der Waals surface area (Å²) < 4.78 is 0. The van der Waals surface area contributed by atoms with Gasteiger partial charge < -0.3 is 15.1 Å². The zero-order valence-corrected chi connectivity index (χ0v) is 8.81. The van der Waals surface area contributed by atoms with Crippen molar-refractivity contribution in [2.45, 2.75) is 38.9 Å². The fourth-order valence-electron chi connectivity index (χ4n) is 1.61. The summed E-state index contributed by atoms with van der Waals surface area (Å²) in [6, 6.07) is 0. The molecular formula is C10H19NO3. The lowest BCUT2D eigenvalue weighted by Crippen LogP contribution is -2.50.